The van der Waals surface area contributed by atoms with Crippen LogP contribution in [0.2, 0.25) is 0 Å². The van der Waals surface area contributed by atoms with E-state index in [-0.39, 0.29) is 60.8 Å². The summed E-state index contributed by atoms with van der Waals surface area (Å²) < 4.78 is 20.7. The molecule has 52 heavy (non-hydrogen) atoms. The first-order valence-electron chi connectivity index (χ1n) is 18.5. The van der Waals surface area contributed by atoms with Crippen molar-refractivity contribution < 1.29 is 28.6 Å². The van der Waals surface area contributed by atoms with E-state index in [2.05, 4.69) is 24.3 Å². The lowest BCUT2D eigenvalue weighted by molar-refractivity contribution is -0.149. The van der Waals surface area contributed by atoms with E-state index < -0.39 is 6.04 Å². The zero-order valence-electron chi connectivity index (χ0n) is 31.1. The van der Waals surface area contributed by atoms with Crippen LogP contribution in [0.5, 0.6) is 0 Å². The molecule has 1 fully saturated rings. The number of likely N-dealkylation sites (tertiary alicyclic amines) is 1. The number of imidazole rings is 1. The molecular formula is C39H58ClN5O7. The number of halogens is 1. The third kappa shape index (κ3) is 12.5. The minimum atomic E-state index is -0.659. The molecule has 1 saturated heterocycles. The van der Waals surface area contributed by atoms with Gasteiger partial charge in [0.1, 0.15) is 6.04 Å². The van der Waals surface area contributed by atoms with Gasteiger partial charge >= 0.3 is 5.69 Å². The zero-order chi connectivity index (χ0) is 36.8. The predicted octanol–water partition coefficient (Wildman–Crippen LogP) is 4.74. The van der Waals surface area contributed by atoms with E-state index in [9.17, 15) is 19.2 Å². The average Bonchev–Trinajstić information content (AvgIpc) is 3.37. The van der Waals surface area contributed by atoms with Gasteiger partial charge in [0, 0.05) is 59.4 Å². The van der Waals surface area contributed by atoms with Crippen molar-refractivity contribution >= 4 is 41.2 Å². The Morgan fingerprint density at radius 1 is 0.827 bits per heavy atom. The third-order valence-electron chi connectivity index (χ3n) is 9.79. The van der Waals surface area contributed by atoms with Gasteiger partial charge in [0.15, 0.2) is 0 Å². The summed E-state index contributed by atoms with van der Waals surface area (Å²) in [5.74, 6) is -0.887. The average molecular weight is 744 g/mol. The van der Waals surface area contributed by atoms with Crippen LogP contribution in [0.1, 0.15) is 93.9 Å². The maximum atomic E-state index is 13.1. The highest BCUT2D eigenvalue weighted by atomic mass is 35.5. The van der Waals surface area contributed by atoms with Crippen molar-refractivity contribution in [2.75, 3.05) is 33.5 Å². The summed E-state index contributed by atoms with van der Waals surface area (Å²) in [6.07, 6.45) is 9.23. The fourth-order valence-corrected chi connectivity index (χ4v) is 6.42. The van der Waals surface area contributed by atoms with Gasteiger partial charge in [0.2, 0.25) is 11.8 Å². The van der Waals surface area contributed by atoms with Crippen LogP contribution in [-0.4, -0.2) is 77.4 Å². The molecule has 13 heteroatoms. The van der Waals surface area contributed by atoms with Gasteiger partial charge in [-0.25, -0.2) is 4.79 Å². The topological polar surface area (TPSA) is 161 Å². The second kappa shape index (κ2) is 21.9. The number of likely N-dealkylation sites (N-methyl/N-ethyl adjacent to an activating group) is 1. The van der Waals surface area contributed by atoms with E-state index in [1.165, 1.54) is 12.6 Å². The number of primary amides is 1. The molecule has 0 radical (unpaired) electrons. The van der Waals surface area contributed by atoms with Crippen molar-refractivity contribution in [2.24, 2.45) is 18.5 Å². The minimum Gasteiger partial charge on any atom is -0.381 e. The van der Waals surface area contributed by atoms with E-state index in [1.54, 1.807) is 16.2 Å². The third-order valence-corrected chi connectivity index (χ3v) is 9.79. The molecule has 12 nitrogen and oxygen atoms in total. The Morgan fingerprint density at radius 2 is 1.40 bits per heavy atom. The van der Waals surface area contributed by atoms with E-state index in [4.69, 9.17) is 25.7 Å². The van der Waals surface area contributed by atoms with E-state index >= 15 is 0 Å². The van der Waals surface area contributed by atoms with Crippen LogP contribution in [0.4, 0.5) is 0 Å². The highest BCUT2D eigenvalue weighted by molar-refractivity contribution is 5.99. The van der Waals surface area contributed by atoms with Crippen LogP contribution in [0, 0.1) is 0 Å². The second-order valence-corrected chi connectivity index (χ2v) is 13.7. The van der Waals surface area contributed by atoms with Gasteiger partial charge in [0.05, 0.1) is 23.7 Å². The number of carbonyl (C=O) groups is 3. The summed E-state index contributed by atoms with van der Waals surface area (Å²) in [5, 5.41) is 0. The molecule has 4 N–H and O–H groups in total. The van der Waals surface area contributed by atoms with Crippen molar-refractivity contribution in [3.63, 3.8) is 0 Å². The van der Waals surface area contributed by atoms with Crippen LogP contribution < -0.4 is 17.2 Å². The van der Waals surface area contributed by atoms with Crippen molar-refractivity contribution in [1.29, 1.82) is 0 Å². The molecule has 0 bridgehead atoms. The number of aromatic nitrogens is 2. The first kappa shape index (κ1) is 42.9. The summed E-state index contributed by atoms with van der Waals surface area (Å²) in [4.78, 5) is 49.8. The van der Waals surface area contributed by atoms with Crippen molar-refractivity contribution in [2.45, 2.75) is 109 Å². The number of fused-ring (bicyclic) bond motifs is 1. The van der Waals surface area contributed by atoms with Crippen molar-refractivity contribution in [3.05, 3.63) is 69.6 Å². The summed E-state index contributed by atoms with van der Waals surface area (Å²) in [6.45, 7) is 5.37. The lowest BCUT2D eigenvalue weighted by Crippen LogP contribution is -2.45. The maximum absolute atomic E-state index is 13.1. The van der Waals surface area contributed by atoms with Gasteiger partial charge in [-0.15, -0.1) is 12.4 Å². The number of aryl methyl sites for hydroxylation is 3. The molecule has 1 aliphatic heterocycles. The number of piperidine rings is 1. The highest BCUT2D eigenvalue weighted by Gasteiger charge is 2.35. The molecule has 0 spiro atoms. The van der Waals surface area contributed by atoms with Gasteiger partial charge < -0.3 is 25.7 Å². The molecule has 2 aromatic carbocycles. The number of hydrogen-bond acceptors (Lipinski definition) is 8. The SMILES string of the molecule is C[C@@H](OCc1ccc(CCCOCCCCCCOCCCc2ccc3c(c2)n(C)c(=O)n3C2CCC(=O)N(C)C2=O)cc1)[C@@H](N)CCC(N)=O.Cl. The Balaban J connectivity index is 0.00000729. The molecule has 288 valence electrons. The van der Waals surface area contributed by atoms with Crippen LogP contribution >= 0.6 is 12.4 Å². The van der Waals surface area contributed by atoms with E-state index in [1.807, 2.05) is 25.1 Å². The number of carbonyl (C=O) groups excluding carboxylic acids is 3. The number of unbranched alkanes of at least 4 members (excludes halogenated alkanes) is 3. The van der Waals surface area contributed by atoms with Gasteiger partial charge in [-0.2, -0.15) is 0 Å². The number of amides is 3. The number of imide groups is 1. The first-order valence-corrected chi connectivity index (χ1v) is 18.5. The molecule has 0 aliphatic carbocycles. The molecular weight excluding hydrogens is 686 g/mol. The Morgan fingerprint density at radius 3 is 2.04 bits per heavy atom. The van der Waals surface area contributed by atoms with Crippen molar-refractivity contribution in [1.82, 2.24) is 14.0 Å². The lowest BCUT2D eigenvalue weighted by Gasteiger charge is -2.28. The Hall–Kier alpha value is -3.55. The smallest absolute Gasteiger partial charge is 0.329 e. The molecule has 4 rings (SSSR count). The number of benzene rings is 2. The van der Waals surface area contributed by atoms with E-state index in [0.29, 0.717) is 31.6 Å². The summed E-state index contributed by atoms with van der Waals surface area (Å²) >= 11 is 0. The normalized spacial score (nSPS) is 15.9. The molecule has 3 amide bonds. The fourth-order valence-electron chi connectivity index (χ4n) is 6.42. The molecule has 0 saturated carbocycles. The quantitative estimate of drug-likeness (QED) is 0.104. The summed E-state index contributed by atoms with van der Waals surface area (Å²) in [6, 6.07) is 13.5. The zero-order valence-corrected chi connectivity index (χ0v) is 31.9. The number of rotatable bonds is 23. The lowest BCUT2D eigenvalue weighted by atomic mass is 10.0. The predicted molar refractivity (Wildman–Crippen MR) is 204 cm³/mol. The van der Waals surface area contributed by atoms with Gasteiger partial charge in [0.25, 0.3) is 5.91 Å². The van der Waals surface area contributed by atoms with Crippen LogP contribution in [0.15, 0.2) is 47.3 Å². The number of hydrogen-bond donors (Lipinski definition) is 2. The van der Waals surface area contributed by atoms with Crippen molar-refractivity contribution in [3.8, 4) is 0 Å². The monoisotopic (exact) mass is 743 g/mol. The largest absolute Gasteiger partial charge is 0.381 e. The van der Waals surface area contributed by atoms with Crippen LogP contribution in [0.25, 0.3) is 11.0 Å². The number of ether oxygens (including phenoxy) is 3. The molecule has 3 atom stereocenters. The number of nitrogens with zero attached hydrogens (tertiary/aromatic N) is 3. The minimum absolute atomic E-state index is 0. The number of nitrogens with two attached hydrogens (primary N) is 2. The maximum Gasteiger partial charge on any atom is 0.329 e. The Kier molecular flexibility index (Phi) is 18.0. The summed E-state index contributed by atoms with van der Waals surface area (Å²) in [5.41, 5.74) is 16.0. The molecule has 3 aromatic rings. The first-order chi connectivity index (χ1) is 24.6. The molecule has 1 aliphatic rings. The molecule has 2 heterocycles. The van der Waals surface area contributed by atoms with Crippen LogP contribution in [-0.2, 0) is 55.1 Å². The molecule has 1 aromatic heterocycles. The van der Waals surface area contributed by atoms with Gasteiger partial charge in [-0.3, -0.25) is 28.4 Å². The van der Waals surface area contributed by atoms with Crippen LogP contribution in [0.3, 0.4) is 0 Å². The van der Waals surface area contributed by atoms with Gasteiger partial charge in [-0.1, -0.05) is 43.2 Å². The highest BCUT2D eigenvalue weighted by Crippen LogP contribution is 2.26. The standard InChI is InChI=1S/C39H57N5O7.ClH/c1-28(32(40)17-20-36(41)45)51-27-31-14-12-29(13-15-31)10-8-24-49-22-6-4-5-7-23-50-25-9-11-30-16-18-33-35(26-30)42(2)39(48)44(33)34-19-21-37(46)43(3)38(34)47;/h12-16,18,26,28,32,34H,4-11,17,19-25,27,40H2,1-3H3,(H2,41,45);1H/t28-,32+,34?;/m1./s1. The Bertz CT molecular complexity index is 1640. The Labute approximate surface area is 313 Å². The van der Waals surface area contributed by atoms with E-state index in [0.717, 1.165) is 92.7 Å². The fraction of sp³-hybridized carbons (Fsp3) is 0.590. The van der Waals surface area contributed by atoms with Gasteiger partial charge in [-0.05, 0) is 87.1 Å². The molecule has 1 unspecified atom stereocenters. The second-order valence-electron chi connectivity index (χ2n) is 13.7. The summed E-state index contributed by atoms with van der Waals surface area (Å²) in [7, 11) is 3.20.